The zero-order valence-corrected chi connectivity index (χ0v) is 8.90. The van der Waals surface area contributed by atoms with Gasteiger partial charge in [0.1, 0.15) is 0 Å². The van der Waals surface area contributed by atoms with Crippen molar-refractivity contribution in [1.29, 1.82) is 0 Å². The van der Waals surface area contributed by atoms with Crippen molar-refractivity contribution < 1.29 is 4.79 Å². The molecule has 0 spiro atoms. The third kappa shape index (κ3) is 1.71. The molecule has 0 atom stereocenters. The van der Waals surface area contributed by atoms with Crippen LogP contribution in [0.4, 0.5) is 0 Å². The summed E-state index contributed by atoms with van der Waals surface area (Å²) >= 11 is 0. The summed E-state index contributed by atoms with van der Waals surface area (Å²) in [6.07, 6.45) is 4.61. The Morgan fingerprint density at radius 3 is 2.67 bits per heavy atom. The summed E-state index contributed by atoms with van der Waals surface area (Å²) in [5.74, 6) is 0. The van der Waals surface area contributed by atoms with Gasteiger partial charge in [0.05, 0.1) is 0 Å². The maximum atomic E-state index is 10.6. The molecule has 0 aliphatic rings. The number of benzene rings is 1. The van der Waals surface area contributed by atoms with Crippen molar-refractivity contribution in [1.82, 2.24) is 4.57 Å². The number of rotatable bonds is 2. The Labute approximate surface area is 89.2 Å². The van der Waals surface area contributed by atoms with Crippen LogP contribution in [0.15, 0.2) is 36.7 Å². The predicted molar refractivity (Wildman–Crippen MR) is 60.6 cm³/mol. The largest absolute Gasteiger partial charge is 0.323 e. The van der Waals surface area contributed by atoms with Crippen molar-refractivity contribution in [2.75, 3.05) is 0 Å². The average Bonchev–Trinajstić information content (AvgIpc) is 2.70. The normalized spacial score (nSPS) is 10.3. The van der Waals surface area contributed by atoms with Gasteiger partial charge in [0.2, 0.25) is 0 Å². The molecule has 1 heterocycles. The lowest BCUT2D eigenvalue weighted by molar-refractivity contribution is 0.112. The standard InChI is InChI=1S/C13H13NO/c1-10-4-3-5-13(11(10)2)14-7-6-12(8-14)9-15/h3-9H,1-2H3. The van der Waals surface area contributed by atoms with Crippen LogP contribution in [0.5, 0.6) is 0 Å². The number of aryl methyl sites for hydroxylation is 1. The molecule has 76 valence electrons. The molecule has 2 aromatic rings. The van der Waals surface area contributed by atoms with E-state index in [0.29, 0.717) is 5.56 Å². The molecule has 0 aliphatic carbocycles. The number of carbonyl (C=O) groups excluding carboxylic acids is 1. The molecular formula is C13H13NO. The third-order valence-corrected chi connectivity index (χ3v) is 2.71. The Balaban J connectivity index is 2.53. The average molecular weight is 199 g/mol. The molecule has 2 nitrogen and oxygen atoms in total. The van der Waals surface area contributed by atoms with Crippen molar-refractivity contribution in [2.24, 2.45) is 0 Å². The van der Waals surface area contributed by atoms with Crippen LogP contribution in [-0.2, 0) is 0 Å². The summed E-state index contributed by atoms with van der Waals surface area (Å²) in [6, 6.07) is 7.98. The fraction of sp³-hybridized carbons (Fsp3) is 0.154. The minimum atomic E-state index is 0.705. The van der Waals surface area contributed by atoms with Gasteiger partial charge in [-0.25, -0.2) is 0 Å². The first kappa shape index (κ1) is 9.71. The van der Waals surface area contributed by atoms with Gasteiger partial charge in [-0.2, -0.15) is 0 Å². The zero-order valence-electron chi connectivity index (χ0n) is 8.90. The number of aromatic nitrogens is 1. The molecule has 15 heavy (non-hydrogen) atoms. The van der Waals surface area contributed by atoms with Gasteiger partial charge >= 0.3 is 0 Å². The van der Waals surface area contributed by atoms with Crippen molar-refractivity contribution in [3.63, 3.8) is 0 Å². The van der Waals surface area contributed by atoms with Crippen LogP contribution in [0.1, 0.15) is 21.5 Å². The molecule has 0 bridgehead atoms. The number of hydrogen-bond acceptors (Lipinski definition) is 1. The quantitative estimate of drug-likeness (QED) is 0.681. The van der Waals surface area contributed by atoms with Crippen molar-refractivity contribution >= 4 is 6.29 Å². The van der Waals surface area contributed by atoms with E-state index in [2.05, 4.69) is 26.0 Å². The molecule has 0 saturated carbocycles. The molecule has 1 aromatic carbocycles. The first-order valence-electron chi connectivity index (χ1n) is 4.92. The van der Waals surface area contributed by atoms with Gasteiger partial charge in [0.15, 0.2) is 6.29 Å². The number of nitrogens with zero attached hydrogens (tertiary/aromatic N) is 1. The molecule has 1 aromatic heterocycles. The maximum Gasteiger partial charge on any atom is 0.151 e. The monoisotopic (exact) mass is 199 g/mol. The van der Waals surface area contributed by atoms with Crippen LogP contribution in [0.25, 0.3) is 5.69 Å². The SMILES string of the molecule is Cc1cccc(-n2ccc(C=O)c2)c1C. The van der Waals surface area contributed by atoms with Crippen LogP contribution < -0.4 is 0 Å². The summed E-state index contributed by atoms with van der Waals surface area (Å²) in [6.45, 7) is 4.17. The summed E-state index contributed by atoms with van der Waals surface area (Å²) in [4.78, 5) is 10.6. The van der Waals surface area contributed by atoms with E-state index >= 15 is 0 Å². The molecule has 2 rings (SSSR count). The highest BCUT2D eigenvalue weighted by molar-refractivity contribution is 5.74. The molecule has 0 radical (unpaired) electrons. The van der Waals surface area contributed by atoms with E-state index in [9.17, 15) is 4.79 Å². The Morgan fingerprint density at radius 1 is 1.20 bits per heavy atom. The molecule has 0 unspecified atom stereocenters. The van der Waals surface area contributed by atoms with Crippen molar-refractivity contribution in [2.45, 2.75) is 13.8 Å². The highest BCUT2D eigenvalue weighted by atomic mass is 16.1. The summed E-state index contributed by atoms with van der Waals surface area (Å²) in [7, 11) is 0. The van der Waals surface area contributed by atoms with E-state index in [0.717, 1.165) is 12.0 Å². The lowest BCUT2D eigenvalue weighted by Crippen LogP contribution is -1.95. The Hall–Kier alpha value is -1.83. The highest BCUT2D eigenvalue weighted by Crippen LogP contribution is 2.17. The molecule has 0 amide bonds. The van der Waals surface area contributed by atoms with Crippen LogP contribution in [0.3, 0.4) is 0 Å². The summed E-state index contributed by atoms with van der Waals surface area (Å²) < 4.78 is 1.98. The van der Waals surface area contributed by atoms with Gasteiger partial charge < -0.3 is 4.57 Å². The van der Waals surface area contributed by atoms with Gasteiger partial charge in [0.25, 0.3) is 0 Å². The van der Waals surface area contributed by atoms with Crippen LogP contribution in [0, 0.1) is 13.8 Å². The lowest BCUT2D eigenvalue weighted by atomic mass is 10.1. The second-order valence-corrected chi connectivity index (χ2v) is 3.69. The van der Waals surface area contributed by atoms with Gasteiger partial charge in [-0.3, -0.25) is 4.79 Å². The van der Waals surface area contributed by atoms with Gasteiger partial charge in [-0.1, -0.05) is 12.1 Å². The Kier molecular flexibility index (Phi) is 2.42. The van der Waals surface area contributed by atoms with E-state index < -0.39 is 0 Å². The van der Waals surface area contributed by atoms with E-state index in [-0.39, 0.29) is 0 Å². The second kappa shape index (κ2) is 3.73. The van der Waals surface area contributed by atoms with E-state index in [1.165, 1.54) is 11.1 Å². The molecule has 0 aliphatic heterocycles. The van der Waals surface area contributed by atoms with Crippen LogP contribution >= 0.6 is 0 Å². The minimum absolute atomic E-state index is 0.705. The van der Waals surface area contributed by atoms with Crippen molar-refractivity contribution in [3.05, 3.63) is 53.3 Å². The van der Waals surface area contributed by atoms with E-state index in [4.69, 9.17) is 0 Å². The fourth-order valence-corrected chi connectivity index (χ4v) is 1.65. The number of aldehydes is 1. The van der Waals surface area contributed by atoms with E-state index in [1.807, 2.05) is 29.1 Å². The van der Waals surface area contributed by atoms with E-state index in [1.54, 1.807) is 0 Å². The highest BCUT2D eigenvalue weighted by Gasteiger charge is 2.03. The fourth-order valence-electron chi connectivity index (χ4n) is 1.65. The molecule has 0 fully saturated rings. The molecule has 2 heteroatoms. The maximum absolute atomic E-state index is 10.6. The predicted octanol–water partition coefficient (Wildman–Crippen LogP) is 2.91. The van der Waals surface area contributed by atoms with Crippen LogP contribution in [-0.4, -0.2) is 10.9 Å². The first-order chi connectivity index (χ1) is 7.22. The number of hydrogen-bond donors (Lipinski definition) is 0. The smallest absolute Gasteiger partial charge is 0.151 e. The molecular weight excluding hydrogens is 186 g/mol. The topological polar surface area (TPSA) is 22.0 Å². The Bertz CT molecular complexity index is 497. The van der Waals surface area contributed by atoms with Gasteiger partial charge in [-0.15, -0.1) is 0 Å². The van der Waals surface area contributed by atoms with Gasteiger partial charge in [-0.05, 0) is 37.1 Å². The summed E-state index contributed by atoms with van der Waals surface area (Å²) in [5, 5.41) is 0. The zero-order chi connectivity index (χ0) is 10.8. The molecule has 0 N–H and O–H groups in total. The molecule has 0 saturated heterocycles. The first-order valence-corrected chi connectivity index (χ1v) is 4.92. The minimum Gasteiger partial charge on any atom is -0.323 e. The number of carbonyl (C=O) groups is 1. The Morgan fingerprint density at radius 2 is 2.00 bits per heavy atom. The second-order valence-electron chi connectivity index (χ2n) is 3.69. The van der Waals surface area contributed by atoms with Crippen LogP contribution in [0.2, 0.25) is 0 Å². The van der Waals surface area contributed by atoms with Gasteiger partial charge in [0, 0.05) is 23.6 Å². The third-order valence-electron chi connectivity index (χ3n) is 2.71. The lowest BCUT2D eigenvalue weighted by Gasteiger charge is -2.09. The van der Waals surface area contributed by atoms with Crippen molar-refractivity contribution in [3.8, 4) is 5.69 Å². The summed E-state index contributed by atoms with van der Waals surface area (Å²) in [5.41, 5.74) is 4.33.